The molecule has 3 rings (SSSR count). The van der Waals surface area contributed by atoms with E-state index < -0.39 is 31.3 Å². The average molecular weight is 422 g/mol. The van der Waals surface area contributed by atoms with Gasteiger partial charge in [0.25, 0.3) is 16.0 Å². The van der Waals surface area contributed by atoms with E-state index >= 15 is 0 Å². The summed E-state index contributed by atoms with van der Waals surface area (Å²) in [6, 6.07) is 5.28. The number of furan rings is 1. The zero-order chi connectivity index (χ0) is 20.2. The van der Waals surface area contributed by atoms with Gasteiger partial charge in [-0.05, 0) is 30.7 Å². The third-order valence-electron chi connectivity index (χ3n) is 3.07. The van der Waals surface area contributed by atoms with Crippen molar-refractivity contribution in [2.24, 2.45) is 0 Å². The molecule has 0 aliphatic carbocycles. The van der Waals surface area contributed by atoms with E-state index in [0.29, 0.717) is 17.4 Å². The molecule has 27 heavy (non-hydrogen) atoms. The number of aromatic nitrogens is 2. The average Bonchev–Trinajstić information content (AvgIpc) is 3.18. The standard InChI is InChI=1S/C10H5FN2O5S.C4H10O3S/c11-6-1-2-7-5(3-6)4-8(17-7)9-12-13-10(18-9)19(14,15)16;1-2-3-4-8(5,6)7/h1-4H,(H,14,15,16);2-4H2,1H3,(H,5,6,7). The van der Waals surface area contributed by atoms with E-state index in [9.17, 15) is 21.2 Å². The second-order valence-corrected chi connectivity index (χ2v) is 8.15. The zero-order valence-electron chi connectivity index (χ0n) is 13.9. The minimum atomic E-state index is -4.57. The first-order valence-electron chi connectivity index (χ1n) is 7.45. The SMILES string of the molecule is CCCCS(=O)(=O)O.O=S(=O)(O)c1nnc(-c2cc3cc(F)ccc3o2)o1. The molecule has 2 heterocycles. The van der Waals surface area contributed by atoms with Gasteiger partial charge in [0, 0.05) is 5.39 Å². The van der Waals surface area contributed by atoms with Gasteiger partial charge in [-0.2, -0.15) is 16.8 Å². The predicted octanol–water partition coefficient (Wildman–Crippen LogP) is 2.54. The first-order valence-corrected chi connectivity index (χ1v) is 10.5. The molecule has 0 atom stereocenters. The molecule has 0 aliphatic heterocycles. The fourth-order valence-corrected chi connectivity index (χ4v) is 2.84. The lowest BCUT2D eigenvalue weighted by Crippen LogP contribution is -2.02. The minimum Gasteiger partial charge on any atom is -0.451 e. The molecule has 3 aromatic rings. The van der Waals surface area contributed by atoms with Crippen molar-refractivity contribution in [1.82, 2.24) is 10.2 Å². The quantitative estimate of drug-likeness (QED) is 0.584. The van der Waals surface area contributed by atoms with Gasteiger partial charge < -0.3 is 8.83 Å². The monoisotopic (exact) mass is 422 g/mol. The molecule has 10 nitrogen and oxygen atoms in total. The second kappa shape index (κ2) is 8.12. The van der Waals surface area contributed by atoms with Gasteiger partial charge in [-0.3, -0.25) is 9.11 Å². The number of halogens is 1. The molecule has 148 valence electrons. The normalized spacial score (nSPS) is 12.0. The highest BCUT2D eigenvalue weighted by atomic mass is 32.2. The van der Waals surface area contributed by atoms with Crippen molar-refractivity contribution in [3.05, 3.63) is 30.1 Å². The van der Waals surface area contributed by atoms with Crippen LogP contribution in [0.2, 0.25) is 0 Å². The highest BCUT2D eigenvalue weighted by Gasteiger charge is 2.21. The van der Waals surface area contributed by atoms with Crippen molar-refractivity contribution in [3.63, 3.8) is 0 Å². The van der Waals surface area contributed by atoms with Crippen LogP contribution in [0.1, 0.15) is 19.8 Å². The molecule has 0 saturated heterocycles. The third-order valence-corrected chi connectivity index (χ3v) is 4.48. The molecule has 2 N–H and O–H groups in total. The van der Waals surface area contributed by atoms with Crippen LogP contribution in [0.3, 0.4) is 0 Å². The van der Waals surface area contributed by atoms with E-state index in [-0.39, 0.29) is 17.4 Å². The highest BCUT2D eigenvalue weighted by Crippen LogP contribution is 2.27. The number of hydrogen-bond acceptors (Lipinski definition) is 8. The van der Waals surface area contributed by atoms with Crippen molar-refractivity contribution in [2.75, 3.05) is 5.75 Å². The van der Waals surface area contributed by atoms with Crippen LogP contribution in [-0.2, 0) is 20.2 Å². The number of hydrogen-bond donors (Lipinski definition) is 2. The topological polar surface area (TPSA) is 161 Å². The summed E-state index contributed by atoms with van der Waals surface area (Å²) in [5, 5.41) is 6.11. The van der Waals surface area contributed by atoms with Crippen molar-refractivity contribution in [1.29, 1.82) is 0 Å². The Morgan fingerprint density at radius 3 is 2.30 bits per heavy atom. The third kappa shape index (κ3) is 6.09. The Hall–Kier alpha value is -2.35. The summed E-state index contributed by atoms with van der Waals surface area (Å²) in [6.45, 7) is 1.87. The van der Waals surface area contributed by atoms with Crippen LogP contribution in [0, 0.1) is 5.82 Å². The molecule has 0 amide bonds. The lowest BCUT2D eigenvalue weighted by molar-refractivity contribution is 0.392. The van der Waals surface area contributed by atoms with E-state index in [1.54, 1.807) is 0 Å². The number of fused-ring (bicyclic) bond motifs is 1. The van der Waals surface area contributed by atoms with Gasteiger partial charge in [-0.15, -0.1) is 5.10 Å². The van der Waals surface area contributed by atoms with Crippen molar-refractivity contribution < 1.29 is 39.2 Å². The lowest BCUT2D eigenvalue weighted by atomic mass is 10.2. The minimum absolute atomic E-state index is 0.0722. The highest BCUT2D eigenvalue weighted by molar-refractivity contribution is 7.85. The van der Waals surface area contributed by atoms with E-state index in [0.717, 1.165) is 6.42 Å². The molecule has 0 unspecified atom stereocenters. The summed E-state index contributed by atoms with van der Waals surface area (Å²) in [4.78, 5) is 0. The molecule has 0 bridgehead atoms. The molecule has 0 saturated carbocycles. The Kier molecular flexibility index (Phi) is 6.30. The van der Waals surface area contributed by atoms with E-state index in [1.165, 1.54) is 24.3 Å². The number of nitrogens with zero attached hydrogens (tertiary/aromatic N) is 2. The lowest BCUT2D eigenvalue weighted by Gasteiger charge is -1.90. The summed E-state index contributed by atoms with van der Waals surface area (Å²) >= 11 is 0. The number of benzene rings is 1. The molecule has 2 aromatic heterocycles. The largest absolute Gasteiger partial charge is 0.451 e. The first-order chi connectivity index (χ1) is 12.5. The summed E-state index contributed by atoms with van der Waals surface area (Å²) in [5.41, 5.74) is 0.378. The van der Waals surface area contributed by atoms with Crippen LogP contribution in [0.5, 0.6) is 0 Å². The fourth-order valence-electron chi connectivity index (χ4n) is 1.86. The van der Waals surface area contributed by atoms with Gasteiger partial charge >= 0.3 is 15.3 Å². The van der Waals surface area contributed by atoms with Crippen molar-refractivity contribution in [2.45, 2.75) is 25.0 Å². The second-order valence-electron chi connectivity index (χ2n) is 5.28. The first kappa shape index (κ1) is 21.0. The Morgan fingerprint density at radius 1 is 1.07 bits per heavy atom. The van der Waals surface area contributed by atoms with Gasteiger partial charge in [0.1, 0.15) is 11.4 Å². The van der Waals surface area contributed by atoms with Gasteiger partial charge in [0.2, 0.25) is 0 Å². The molecular formula is C14H15FN2O8S2. The van der Waals surface area contributed by atoms with Crippen LogP contribution in [0.4, 0.5) is 4.39 Å². The van der Waals surface area contributed by atoms with Gasteiger partial charge in [-0.25, -0.2) is 4.39 Å². The van der Waals surface area contributed by atoms with Gasteiger partial charge in [0.05, 0.1) is 5.75 Å². The number of unbranched alkanes of at least 4 members (excludes halogenated alkanes) is 1. The Labute approximate surface area is 153 Å². The van der Waals surface area contributed by atoms with E-state index in [2.05, 4.69) is 10.2 Å². The molecule has 1 aromatic carbocycles. The van der Waals surface area contributed by atoms with Crippen LogP contribution in [0.25, 0.3) is 22.6 Å². The Morgan fingerprint density at radius 2 is 1.78 bits per heavy atom. The number of rotatable bonds is 5. The molecule has 0 spiro atoms. The molecule has 0 aliphatic rings. The maximum Gasteiger partial charge on any atom is 0.363 e. The molecule has 0 fully saturated rings. The van der Waals surface area contributed by atoms with Gasteiger partial charge in [0.15, 0.2) is 5.76 Å². The Bertz CT molecular complexity index is 1140. The van der Waals surface area contributed by atoms with Crippen LogP contribution >= 0.6 is 0 Å². The van der Waals surface area contributed by atoms with Crippen molar-refractivity contribution in [3.8, 4) is 11.7 Å². The van der Waals surface area contributed by atoms with E-state index in [1.807, 2.05) is 6.92 Å². The van der Waals surface area contributed by atoms with Crippen LogP contribution in [-0.4, -0.2) is 41.9 Å². The summed E-state index contributed by atoms with van der Waals surface area (Å²) in [7, 11) is -8.25. The maximum atomic E-state index is 13.0. The molecular weight excluding hydrogens is 407 g/mol. The van der Waals surface area contributed by atoms with E-state index in [4.69, 9.17) is 17.9 Å². The van der Waals surface area contributed by atoms with Crippen molar-refractivity contribution >= 4 is 31.2 Å². The smallest absolute Gasteiger partial charge is 0.363 e. The zero-order valence-corrected chi connectivity index (χ0v) is 15.5. The maximum absolute atomic E-state index is 13.0. The molecule has 0 radical (unpaired) electrons. The predicted molar refractivity (Wildman–Crippen MR) is 90.6 cm³/mol. The summed E-state index contributed by atoms with van der Waals surface area (Å²) in [6.07, 6.45) is 1.33. The molecule has 13 heteroatoms. The Balaban J connectivity index is 0.000000279. The summed E-state index contributed by atoms with van der Waals surface area (Å²) < 4.78 is 81.3. The van der Waals surface area contributed by atoms with Crippen LogP contribution in [0.15, 0.2) is 38.3 Å². The van der Waals surface area contributed by atoms with Gasteiger partial charge in [-0.1, -0.05) is 18.4 Å². The fraction of sp³-hybridized carbons (Fsp3) is 0.286. The summed E-state index contributed by atoms with van der Waals surface area (Å²) in [5.74, 6) is -0.708. The van der Waals surface area contributed by atoms with Crippen LogP contribution < -0.4 is 0 Å².